The Labute approximate surface area is 187 Å². The van der Waals surface area contributed by atoms with Crippen LogP contribution in [0.5, 0.6) is 0 Å². The van der Waals surface area contributed by atoms with E-state index >= 15 is 0 Å². The van der Waals surface area contributed by atoms with Gasteiger partial charge in [-0.1, -0.05) is 0 Å². The number of aromatic nitrogens is 2. The summed E-state index contributed by atoms with van der Waals surface area (Å²) in [5.41, 5.74) is 2.52. The summed E-state index contributed by atoms with van der Waals surface area (Å²) in [5, 5.41) is 5.69. The zero-order valence-corrected chi connectivity index (χ0v) is 18.4. The Balaban J connectivity index is 1.20. The van der Waals surface area contributed by atoms with Crippen molar-refractivity contribution in [3.05, 3.63) is 41.7 Å². The van der Waals surface area contributed by atoms with Crippen LogP contribution in [0.1, 0.15) is 35.2 Å². The quantitative estimate of drug-likeness (QED) is 0.751. The summed E-state index contributed by atoms with van der Waals surface area (Å²) in [6.45, 7) is 5.27. The molecule has 3 aliphatic heterocycles. The summed E-state index contributed by atoms with van der Waals surface area (Å²) in [6.07, 6.45) is 6.69. The average Bonchev–Trinajstić information content (AvgIpc) is 2.84. The average molecular weight is 436 g/mol. The maximum absolute atomic E-state index is 12.5. The van der Waals surface area contributed by atoms with Crippen LogP contribution in [-0.2, 0) is 11.3 Å². The number of hydrogen-bond acceptors (Lipinski definition) is 7. The fourth-order valence-electron chi connectivity index (χ4n) is 4.83. The van der Waals surface area contributed by atoms with E-state index in [1.165, 1.54) is 0 Å². The highest BCUT2D eigenvalue weighted by Gasteiger charge is 2.35. The van der Waals surface area contributed by atoms with Gasteiger partial charge in [0.1, 0.15) is 11.9 Å². The minimum atomic E-state index is -0.125. The van der Waals surface area contributed by atoms with Crippen molar-refractivity contribution in [1.29, 1.82) is 0 Å². The van der Waals surface area contributed by atoms with Crippen molar-refractivity contribution in [2.45, 2.75) is 31.8 Å². The number of pyridine rings is 2. The Kier molecular flexibility index (Phi) is 5.65. The molecule has 168 valence electrons. The van der Waals surface area contributed by atoms with E-state index in [0.717, 1.165) is 81.4 Å². The molecule has 5 rings (SSSR count). The van der Waals surface area contributed by atoms with Crippen LogP contribution in [-0.4, -0.2) is 72.5 Å². The molecule has 2 amide bonds. The van der Waals surface area contributed by atoms with Gasteiger partial charge in [-0.15, -0.1) is 0 Å². The third-order valence-electron chi connectivity index (χ3n) is 6.60. The molecule has 0 saturated carbocycles. The van der Waals surface area contributed by atoms with Crippen molar-refractivity contribution < 1.29 is 9.59 Å². The third-order valence-corrected chi connectivity index (χ3v) is 6.60. The lowest BCUT2D eigenvalue weighted by molar-refractivity contribution is -0.118. The maximum Gasteiger partial charge on any atom is 0.252 e. The largest absolute Gasteiger partial charge is 0.355 e. The fourth-order valence-corrected chi connectivity index (χ4v) is 4.83. The number of nitrogens with one attached hydrogen (secondary N) is 2. The van der Waals surface area contributed by atoms with Crippen molar-refractivity contribution >= 4 is 29.1 Å². The van der Waals surface area contributed by atoms with E-state index in [4.69, 9.17) is 4.98 Å². The zero-order chi connectivity index (χ0) is 22.1. The van der Waals surface area contributed by atoms with Crippen LogP contribution in [0.3, 0.4) is 0 Å². The summed E-state index contributed by atoms with van der Waals surface area (Å²) >= 11 is 0. The third kappa shape index (κ3) is 4.00. The summed E-state index contributed by atoms with van der Waals surface area (Å²) in [6, 6.07) is 5.73. The molecule has 32 heavy (non-hydrogen) atoms. The standard InChI is InChI=1S/C23H29N7O2/c1-24-22(31)17-5-6-20(25-14-17)29-10-8-28(9-11-29)15-16-12-18-21(26-13-16)30-7-3-2-4-19(30)23(32)27-18/h5-6,12-14,19H,2-4,7-11,15H2,1H3,(H,24,31)(H,27,32). The van der Waals surface area contributed by atoms with Gasteiger partial charge in [0, 0.05) is 58.7 Å². The monoisotopic (exact) mass is 435 g/mol. The molecular formula is C23H29N7O2. The van der Waals surface area contributed by atoms with E-state index in [1.807, 2.05) is 18.3 Å². The first-order chi connectivity index (χ1) is 15.6. The van der Waals surface area contributed by atoms with Crippen LogP contribution in [0.2, 0.25) is 0 Å². The van der Waals surface area contributed by atoms with Crippen molar-refractivity contribution in [3.63, 3.8) is 0 Å². The van der Waals surface area contributed by atoms with Gasteiger partial charge in [-0.25, -0.2) is 9.97 Å². The lowest BCUT2D eigenvalue weighted by Gasteiger charge is -2.40. The summed E-state index contributed by atoms with van der Waals surface area (Å²) in [7, 11) is 1.62. The highest BCUT2D eigenvalue weighted by molar-refractivity contribution is 6.03. The number of carbonyl (C=O) groups excluding carboxylic acids is 2. The zero-order valence-electron chi connectivity index (χ0n) is 18.4. The summed E-state index contributed by atoms with van der Waals surface area (Å²) in [5.74, 6) is 1.78. The van der Waals surface area contributed by atoms with Gasteiger partial charge < -0.3 is 20.4 Å². The Bertz CT molecular complexity index is 1000. The molecule has 3 aliphatic rings. The second-order valence-electron chi connectivity index (χ2n) is 8.66. The van der Waals surface area contributed by atoms with Crippen molar-refractivity contribution in [2.75, 3.05) is 54.9 Å². The van der Waals surface area contributed by atoms with E-state index in [1.54, 1.807) is 13.2 Å². The van der Waals surface area contributed by atoms with Crippen LogP contribution in [0.25, 0.3) is 0 Å². The molecule has 9 nitrogen and oxygen atoms in total. The Morgan fingerprint density at radius 3 is 2.72 bits per heavy atom. The molecule has 2 saturated heterocycles. The maximum atomic E-state index is 12.5. The fraction of sp³-hybridized carbons (Fsp3) is 0.478. The molecule has 0 bridgehead atoms. The number of amides is 2. The van der Waals surface area contributed by atoms with Gasteiger partial charge in [0.05, 0.1) is 11.3 Å². The number of piperazine rings is 1. The van der Waals surface area contributed by atoms with Crippen molar-refractivity contribution in [3.8, 4) is 0 Å². The number of rotatable bonds is 4. The SMILES string of the molecule is CNC(=O)c1ccc(N2CCN(Cc3cnc4c(c3)NC(=O)C3CCCCN43)CC2)nc1. The smallest absolute Gasteiger partial charge is 0.252 e. The predicted octanol–water partition coefficient (Wildman–Crippen LogP) is 1.47. The van der Waals surface area contributed by atoms with Crippen LogP contribution in [0, 0.1) is 0 Å². The van der Waals surface area contributed by atoms with Gasteiger partial charge in [-0.2, -0.15) is 0 Å². The van der Waals surface area contributed by atoms with Crippen LogP contribution in [0.15, 0.2) is 30.6 Å². The normalized spacial score (nSPS) is 20.9. The molecule has 2 N–H and O–H groups in total. The number of nitrogens with zero attached hydrogens (tertiary/aromatic N) is 5. The second-order valence-corrected chi connectivity index (χ2v) is 8.66. The molecular weight excluding hydrogens is 406 g/mol. The van der Waals surface area contributed by atoms with E-state index in [-0.39, 0.29) is 17.9 Å². The number of carbonyl (C=O) groups is 2. The highest BCUT2D eigenvalue weighted by Crippen LogP contribution is 2.34. The van der Waals surface area contributed by atoms with Crippen LogP contribution in [0.4, 0.5) is 17.3 Å². The van der Waals surface area contributed by atoms with E-state index in [2.05, 4.69) is 36.4 Å². The topological polar surface area (TPSA) is 93.7 Å². The van der Waals surface area contributed by atoms with Crippen LogP contribution < -0.4 is 20.4 Å². The van der Waals surface area contributed by atoms with Gasteiger partial charge in [0.2, 0.25) is 5.91 Å². The Hall–Kier alpha value is -3.20. The van der Waals surface area contributed by atoms with Crippen molar-refractivity contribution in [2.24, 2.45) is 0 Å². The summed E-state index contributed by atoms with van der Waals surface area (Å²) < 4.78 is 0. The van der Waals surface area contributed by atoms with E-state index < -0.39 is 0 Å². The molecule has 2 fully saturated rings. The minimum absolute atomic E-state index is 0.0679. The number of hydrogen-bond donors (Lipinski definition) is 2. The molecule has 9 heteroatoms. The lowest BCUT2D eigenvalue weighted by Crippen LogP contribution is -2.51. The lowest BCUT2D eigenvalue weighted by atomic mass is 9.99. The molecule has 0 radical (unpaired) electrons. The molecule has 5 heterocycles. The molecule has 1 unspecified atom stereocenters. The highest BCUT2D eigenvalue weighted by atomic mass is 16.2. The number of anilines is 3. The van der Waals surface area contributed by atoms with Gasteiger partial charge in [-0.3, -0.25) is 14.5 Å². The first kappa shape index (κ1) is 20.7. The second kappa shape index (κ2) is 8.74. The van der Waals surface area contributed by atoms with Gasteiger partial charge in [0.25, 0.3) is 5.91 Å². The molecule has 2 aromatic rings. The number of piperidine rings is 1. The van der Waals surface area contributed by atoms with Crippen molar-refractivity contribution in [1.82, 2.24) is 20.2 Å². The number of fused-ring (bicyclic) bond motifs is 3. The molecule has 0 spiro atoms. The van der Waals surface area contributed by atoms with E-state index in [0.29, 0.717) is 5.56 Å². The van der Waals surface area contributed by atoms with Crippen LogP contribution >= 0.6 is 0 Å². The van der Waals surface area contributed by atoms with E-state index in [9.17, 15) is 9.59 Å². The summed E-state index contributed by atoms with van der Waals surface area (Å²) in [4.78, 5) is 40.2. The predicted molar refractivity (Wildman–Crippen MR) is 123 cm³/mol. The van der Waals surface area contributed by atoms with Gasteiger partial charge >= 0.3 is 0 Å². The molecule has 0 aromatic carbocycles. The van der Waals surface area contributed by atoms with Gasteiger partial charge in [-0.05, 0) is 43.0 Å². The Morgan fingerprint density at radius 2 is 1.97 bits per heavy atom. The first-order valence-corrected chi connectivity index (χ1v) is 11.3. The van der Waals surface area contributed by atoms with Gasteiger partial charge in [0.15, 0.2) is 5.82 Å². The minimum Gasteiger partial charge on any atom is -0.355 e. The molecule has 2 aromatic heterocycles. The molecule has 1 atom stereocenters. The first-order valence-electron chi connectivity index (χ1n) is 11.3. The Morgan fingerprint density at radius 1 is 1.12 bits per heavy atom. The molecule has 0 aliphatic carbocycles.